The summed E-state index contributed by atoms with van der Waals surface area (Å²) in [4.78, 5) is 14.2. The summed E-state index contributed by atoms with van der Waals surface area (Å²) in [6, 6.07) is 8.74. The number of methoxy groups -OCH3 is 1. The summed E-state index contributed by atoms with van der Waals surface area (Å²) in [6.07, 6.45) is 2.77. The molecule has 0 unspecified atom stereocenters. The largest absolute Gasteiger partial charge is 0.497 e. The van der Waals surface area contributed by atoms with Crippen molar-refractivity contribution in [3.8, 4) is 16.9 Å². The zero-order valence-corrected chi connectivity index (χ0v) is 9.16. The number of pyridine rings is 1. The van der Waals surface area contributed by atoms with E-state index in [4.69, 9.17) is 4.74 Å². The van der Waals surface area contributed by atoms with Crippen LogP contribution in [0.25, 0.3) is 11.1 Å². The molecule has 0 saturated carbocycles. The van der Waals surface area contributed by atoms with Crippen LogP contribution in [0.2, 0.25) is 0 Å². The van der Waals surface area contributed by atoms with E-state index < -0.39 is 4.92 Å². The van der Waals surface area contributed by atoms with Gasteiger partial charge in [0.25, 0.3) is 5.69 Å². The van der Waals surface area contributed by atoms with Crippen LogP contribution in [0.3, 0.4) is 0 Å². The Hall–Kier alpha value is -2.43. The van der Waals surface area contributed by atoms with Crippen molar-refractivity contribution in [3.05, 3.63) is 52.8 Å². The molecule has 0 amide bonds. The summed E-state index contributed by atoms with van der Waals surface area (Å²) in [6.45, 7) is 0. The first-order valence-electron chi connectivity index (χ1n) is 4.95. The van der Waals surface area contributed by atoms with E-state index in [1.165, 1.54) is 12.4 Å². The quantitative estimate of drug-likeness (QED) is 0.600. The molecule has 2 rings (SSSR count). The van der Waals surface area contributed by atoms with Crippen molar-refractivity contribution in [2.45, 2.75) is 0 Å². The lowest BCUT2D eigenvalue weighted by molar-refractivity contribution is -0.384. The Morgan fingerprint density at radius 2 is 2.18 bits per heavy atom. The van der Waals surface area contributed by atoms with Gasteiger partial charge < -0.3 is 4.74 Å². The zero-order valence-electron chi connectivity index (χ0n) is 9.16. The fourth-order valence-corrected chi connectivity index (χ4v) is 1.57. The van der Waals surface area contributed by atoms with Crippen LogP contribution in [0.5, 0.6) is 5.75 Å². The van der Waals surface area contributed by atoms with Crippen molar-refractivity contribution in [2.24, 2.45) is 0 Å². The molecule has 2 aromatic rings. The fraction of sp³-hybridized carbons (Fsp3) is 0.0833. The lowest BCUT2D eigenvalue weighted by Gasteiger charge is -2.04. The lowest BCUT2D eigenvalue weighted by atomic mass is 10.1. The molecule has 0 bridgehead atoms. The smallest absolute Gasteiger partial charge is 0.295 e. The summed E-state index contributed by atoms with van der Waals surface area (Å²) >= 11 is 0. The van der Waals surface area contributed by atoms with Gasteiger partial charge in [-0.25, -0.2) is 0 Å². The Balaban J connectivity index is 2.56. The molecule has 17 heavy (non-hydrogen) atoms. The van der Waals surface area contributed by atoms with Crippen LogP contribution in [0.1, 0.15) is 0 Å². The molecule has 5 nitrogen and oxygen atoms in total. The van der Waals surface area contributed by atoms with Crippen LogP contribution in [0, 0.1) is 10.1 Å². The molecule has 0 aliphatic heterocycles. The van der Waals surface area contributed by atoms with Crippen molar-refractivity contribution < 1.29 is 9.66 Å². The van der Waals surface area contributed by atoms with Crippen molar-refractivity contribution >= 4 is 5.69 Å². The van der Waals surface area contributed by atoms with Gasteiger partial charge in [-0.1, -0.05) is 12.1 Å². The van der Waals surface area contributed by atoms with Gasteiger partial charge in [0.2, 0.25) is 0 Å². The third-order valence-corrected chi connectivity index (χ3v) is 2.38. The summed E-state index contributed by atoms with van der Waals surface area (Å²) < 4.78 is 5.09. The SMILES string of the molecule is COc1cccc(-c2ccncc2[N+](=O)[O-])c1. The number of nitro groups is 1. The van der Waals surface area contributed by atoms with Gasteiger partial charge in [0.1, 0.15) is 11.9 Å². The van der Waals surface area contributed by atoms with Gasteiger partial charge in [-0.2, -0.15) is 0 Å². The lowest BCUT2D eigenvalue weighted by Crippen LogP contribution is -1.93. The molecule has 0 aliphatic carbocycles. The van der Waals surface area contributed by atoms with Gasteiger partial charge in [0.05, 0.1) is 17.6 Å². The average molecular weight is 230 g/mol. The van der Waals surface area contributed by atoms with Gasteiger partial charge in [0.15, 0.2) is 0 Å². The second-order valence-electron chi connectivity index (χ2n) is 3.38. The predicted octanol–water partition coefficient (Wildman–Crippen LogP) is 2.67. The maximum atomic E-state index is 10.9. The normalized spacial score (nSPS) is 9.94. The van der Waals surface area contributed by atoms with Crippen molar-refractivity contribution in [2.75, 3.05) is 7.11 Å². The highest BCUT2D eigenvalue weighted by Crippen LogP contribution is 2.30. The molecule has 0 fully saturated rings. The summed E-state index contributed by atoms with van der Waals surface area (Å²) in [5.41, 5.74) is 1.25. The van der Waals surface area contributed by atoms with Gasteiger partial charge in [0, 0.05) is 6.20 Å². The number of aromatic nitrogens is 1. The van der Waals surface area contributed by atoms with Crippen LogP contribution in [-0.4, -0.2) is 17.0 Å². The van der Waals surface area contributed by atoms with Crippen LogP contribution in [0.15, 0.2) is 42.7 Å². The molecule has 0 aliphatic rings. The van der Waals surface area contributed by atoms with Gasteiger partial charge in [-0.15, -0.1) is 0 Å². The summed E-state index contributed by atoms with van der Waals surface area (Å²) in [5, 5.41) is 10.9. The first-order valence-corrected chi connectivity index (χ1v) is 4.95. The number of hydrogen-bond acceptors (Lipinski definition) is 4. The predicted molar refractivity (Wildman–Crippen MR) is 62.9 cm³/mol. The molecular formula is C12H10N2O3. The van der Waals surface area contributed by atoms with E-state index in [9.17, 15) is 10.1 Å². The first-order chi connectivity index (χ1) is 8.22. The maximum Gasteiger partial charge on any atom is 0.295 e. The Morgan fingerprint density at radius 3 is 2.88 bits per heavy atom. The standard InChI is InChI=1S/C12H10N2O3/c1-17-10-4-2-3-9(7-10)11-5-6-13-8-12(11)14(15)16/h2-8H,1H3. The topological polar surface area (TPSA) is 65.3 Å². The average Bonchev–Trinajstić information content (AvgIpc) is 2.39. The second kappa shape index (κ2) is 4.61. The molecule has 86 valence electrons. The molecule has 5 heteroatoms. The van der Waals surface area contributed by atoms with E-state index in [1.807, 2.05) is 0 Å². The highest BCUT2D eigenvalue weighted by Gasteiger charge is 2.14. The van der Waals surface area contributed by atoms with Crippen molar-refractivity contribution in [1.29, 1.82) is 0 Å². The van der Waals surface area contributed by atoms with E-state index in [-0.39, 0.29) is 5.69 Å². The number of nitrogens with zero attached hydrogens (tertiary/aromatic N) is 2. The number of ether oxygens (including phenoxy) is 1. The molecule has 0 radical (unpaired) electrons. The van der Waals surface area contributed by atoms with E-state index >= 15 is 0 Å². The monoisotopic (exact) mass is 230 g/mol. The summed E-state index contributed by atoms with van der Waals surface area (Å²) in [5.74, 6) is 0.661. The van der Waals surface area contributed by atoms with E-state index in [1.54, 1.807) is 37.4 Å². The Bertz CT molecular complexity index is 555. The maximum absolute atomic E-state index is 10.9. The molecule has 1 aromatic carbocycles. The molecule has 0 saturated heterocycles. The van der Waals surface area contributed by atoms with Crippen molar-refractivity contribution in [1.82, 2.24) is 4.98 Å². The Morgan fingerprint density at radius 1 is 1.35 bits per heavy atom. The van der Waals surface area contributed by atoms with E-state index in [2.05, 4.69) is 4.98 Å². The fourth-order valence-electron chi connectivity index (χ4n) is 1.57. The second-order valence-corrected chi connectivity index (χ2v) is 3.38. The highest BCUT2D eigenvalue weighted by molar-refractivity contribution is 5.73. The van der Waals surface area contributed by atoms with Crippen LogP contribution >= 0.6 is 0 Å². The number of rotatable bonds is 3. The van der Waals surface area contributed by atoms with Crippen molar-refractivity contribution in [3.63, 3.8) is 0 Å². The molecule has 0 N–H and O–H groups in total. The molecule has 1 heterocycles. The molecular weight excluding hydrogens is 220 g/mol. The van der Waals surface area contributed by atoms with Gasteiger partial charge in [-0.05, 0) is 23.8 Å². The Kier molecular flexibility index (Phi) is 3.00. The molecule has 1 aromatic heterocycles. The van der Waals surface area contributed by atoms with Crippen LogP contribution in [-0.2, 0) is 0 Å². The minimum absolute atomic E-state index is 0.0132. The number of hydrogen-bond donors (Lipinski definition) is 0. The summed E-state index contributed by atoms with van der Waals surface area (Å²) in [7, 11) is 1.56. The minimum Gasteiger partial charge on any atom is -0.497 e. The molecule has 0 spiro atoms. The van der Waals surface area contributed by atoms with E-state index in [0.717, 1.165) is 5.56 Å². The highest BCUT2D eigenvalue weighted by atomic mass is 16.6. The minimum atomic E-state index is -0.443. The zero-order chi connectivity index (χ0) is 12.3. The first kappa shape index (κ1) is 11.1. The molecule has 0 atom stereocenters. The van der Waals surface area contributed by atoms with Gasteiger partial charge >= 0.3 is 0 Å². The third kappa shape index (κ3) is 2.23. The van der Waals surface area contributed by atoms with Crippen LogP contribution in [0.4, 0.5) is 5.69 Å². The van der Waals surface area contributed by atoms with Crippen LogP contribution < -0.4 is 4.74 Å². The van der Waals surface area contributed by atoms with Gasteiger partial charge in [-0.3, -0.25) is 15.1 Å². The number of benzene rings is 1. The Labute approximate surface area is 97.8 Å². The van der Waals surface area contributed by atoms with E-state index in [0.29, 0.717) is 11.3 Å². The third-order valence-electron chi connectivity index (χ3n) is 2.38.